The summed E-state index contributed by atoms with van der Waals surface area (Å²) in [5.41, 5.74) is 1.76. The number of hydrogen-bond donors (Lipinski definition) is 2. The highest BCUT2D eigenvalue weighted by Gasteiger charge is 2.12. The molecule has 0 aliphatic carbocycles. The average Bonchev–Trinajstić information content (AvgIpc) is 2.67. The van der Waals surface area contributed by atoms with Crippen LogP contribution in [0.2, 0.25) is 0 Å². The van der Waals surface area contributed by atoms with Crippen LogP contribution in [0.5, 0.6) is 0 Å². The Morgan fingerprint density at radius 2 is 2.36 bits per heavy atom. The first-order chi connectivity index (χ1) is 12.3. The Kier molecular flexibility index (Phi) is 6.69. The van der Waals surface area contributed by atoms with Crippen molar-refractivity contribution >= 4 is 23.3 Å². The lowest BCUT2D eigenvalue weighted by Gasteiger charge is -2.23. The summed E-state index contributed by atoms with van der Waals surface area (Å²) in [6.07, 6.45) is 9.70. The second-order valence-electron chi connectivity index (χ2n) is 5.76. The van der Waals surface area contributed by atoms with Crippen molar-refractivity contribution in [3.8, 4) is 12.3 Å². The SMILES string of the molecule is C#Cc1cccc(Nc2ccnc(SCCCC3CNCCO3)n2)c1. The molecule has 3 rings (SSSR count). The molecule has 6 heteroatoms. The minimum absolute atomic E-state index is 0.340. The highest BCUT2D eigenvalue weighted by atomic mass is 32.2. The minimum Gasteiger partial charge on any atom is -0.376 e. The quantitative estimate of drug-likeness (QED) is 0.345. The van der Waals surface area contributed by atoms with Crippen LogP contribution in [0.25, 0.3) is 0 Å². The molecule has 1 aliphatic rings. The van der Waals surface area contributed by atoms with E-state index in [0.29, 0.717) is 6.10 Å². The van der Waals surface area contributed by atoms with Crippen LogP contribution in [0.4, 0.5) is 11.5 Å². The molecular weight excluding hydrogens is 332 g/mol. The molecule has 0 spiro atoms. The van der Waals surface area contributed by atoms with Gasteiger partial charge in [-0.05, 0) is 37.1 Å². The van der Waals surface area contributed by atoms with Gasteiger partial charge in [0.2, 0.25) is 0 Å². The number of ether oxygens (including phenoxy) is 1. The van der Waals surface area contributed by atoms with Crippen molar-refractivity contribution in [3.63, 3.8) is 0 Å². The van der Waals surface area contributed by atoms with Crippen LogP contribution in [0.3, 0.4) is 0 Å². The largest absolute Gasteiger partial charge is 0.376 e. The molecule has 0 bridgehead atoms. The lowest BCUT2D eigenvalue weighted by molar-refractivity contribution is 0.0234. The van der Waals surface area contributed by atoms with Crippen molar-refractivity contribution in [1.82, 2.24) is 15.3 Å². The first-order valence-corrected chi connectivity index (χ1v) is 9.44. The molecule has 1 saturated heterocycles. The predicted molar refractivity (Wildman–Crippen MR) is 102 cm³/mol. The summed E-state index contributed by atoms with van der Waals surface area (Å²) < 4.78 is 5.71. The Hall–Kier alpha value is -2.07. The molecule has 1 aromatic heterocycles. The van der Waals surface area contributed by atoms with E-state index in [1.54, 1.807) is 18.0 Å². The molecular formula is C19H22N4OS. The van der Waals surface area contributed by atoms with E-state index >= 15 is 0 Å². The van der Waals surface area contributed by atoms with Gasteiger partial charge < -0.3 is 15.4 Å². The van der Waals surface area contributed by atoms with E-state index in [4.69, 9.17) is 11.2 Å². The van der Waals surface area contributed by atoms with Gasteiger partial charge in [-0.15, -0.1) is 6.42 Å². The zero-order valence-electron chi connectivity index (χ0n) is 14.1. The number of hydrogen-bond acceptors (Lipinski definition) is 6. The molecule has 1 atom stereocenters. The molecule has 2 heterocycles. The Balaban J connectivity index is 1.48. The molecule has 5 nitrogen and oxygen atoms in total. The van der Waals surface area contributed by atoms with Crippen molar-refractivity contribution < 1.29 is 4.74 Å². The maximum absolute atomic E-state index is 5.71. The lowest BCUT2D eigenvalue weighted by atomic mass is 10.2. The number of aromatic nitrogens is 2. The van der Waals surface area contributed by atoms with Gasteiger partial charge in [0.1, 0.15) is 5.82 Å². The second kappa shape index (κ2) is 9.42. The zero-order chi connectivity index (χ0) is 17.3. The molecule has 25 heavy (non-hydrogen) atoms. The fraction of sp³-hybridized carbons (Fsp3) is 0.368. The van der Waals surface area contributed by atoms with Gasteiger partial charge >= 0.3 is 0 Å². The van der Waals surface area contributed by atoms with E-state index in [2.05, 4.69) is 26.5 Å². The molecule has 1 aromatic carbocycles. The molecule has 1 aliphatic heterocycles. The van der Waals surface area contributed by atoms with E-state index in [1.165, 1.54) is 0 Å². The number of thioether (sulfide) groups is 1. The molecule has 0 radical (unpaired) electrons. The van der Waals surface area contributed by atoms with Crippen LogP contribution in [0.15, 0.2) is 41.7 Å². The highest BCUT2D eigenvalue weighted by Crippen LogP contribution is 2.20. The number of terminal acetylenes is 1. The summed E-state index contributed by atoms with van der Waals surface area (Å²) in [5, 5.41) is 7.41. The zero-order valence-corrected chi connectivity index (χ0v) is 14.9. The maximum Gasteiger partial charge on any atom is 0.189 e. The lowest BCUT2D eigenvalue weighted by Crippen LogP contribution is -2.38. The van der Waals surface area contributed by atoms with Gasteiger partial charge in [-0.3, -0.25) is 0 Å². The summed E-state index contributed by atoms with van der Waals surface area (Å²) >= 11 is 1.67. The molecule has 2 N–H and O–H groups in total. The first kappa shape index (κ1) is 17.7. The number of nitrogens with zero attached hydrogens (tertiary/aromatic N) is 2. The Labute approximate surface area is 153 Å². The third-order valence-corrected chi connectivity index (χ3v) is 4.79. The maximum atomic E-state index is 5.71. The average molecular weight is 354 g/mol. The van der Waals surface area contributed by atoms with E-state index in [1.807, 2.05) is 30.3 Å². The summed E-state index contributed by atoms with van der Waals surface area (Å²) in [5.74, 6) is 4.39. The van der Waals surface area contributed by atoms with Gasteiger partial charge in [-0.2, -0.15) is 0 Å². The number of rotatable bonds is 7. The molecule has 0 saturated carbocycles. The van der Waals surface area contributed by atoms with Gasteiger partial charge in [0.05, 0.1) is 12.7 Å². The van der Waals surface area contributed by atoms with Crippen molar-refractivity contribution in [1.29, 1.82) is 0 Å². The van der Waals surface area contributed by atoms with Gasteiger partial charge in [0.15, 0.2) is 5.16 Å². The second-order valence-corrected chi connectivity index (χ2v) is 6.82. The first-order valence-electron chi connectivity index (χ1n) is 8.45. The summed E-state index contributed by atoms with van der Waals surface area (Å²) in [6, 6.07) is 9.57. The molecule has 1 unspecified atom stereocenters. The van der Waals surface area contributed by atoms with Crippen molar-refractivity contribution in [3.05, 3.63) is 42.1 Å². The smallest absolute Gasteiger partial charge is 0.189 e. The Morgan fingerprint density at radius 1 is 1.40 bits per heavy atom. The van der Waals surface area contributed by atoms with Crippen LogP contribution in [-0.2, 0) is 4.74 Å². The Bertz CT molecular complexity index is 725. The molecule has 1 fully saturated rings. The number of morpholine rings is 1. The van der Waals surface area contributed by atoms with Crippen molar-refractivity contribution in [2.45, 2.75) is 24.1 Å². The predicted octanol–water partition coefficient (Wildman–Crippen LogP) is 3.06. The van der Waals surface area contributed by atoms with Crippen LogP contribution in [-0.4, -0.2) is 41.5 Å². The van der Waals surface area contributed by atoms with Gasteiger partial charge in [0, 0.05) is 36.3 Å². The third-order valence-electron chi connectivity index (χ3n) is 3.84. The summed E-state index contributed by atoms with van der Waals surface area (Å²) in [7, 11) is 0. The summed E-state index contributed by atoms with van der Waals surface area (Å²) in [6.45, 7) is 2.73. The standard InChI is InChI=1S/C19H22N4OS/c1-2-15-5-3-6-16(13-15)22-18-8-9-21-19(23-18)25-12-4-7-17-14-20-10-11-24-17/h1,3,5-6,8-9,13,17,20H,4,7,10-12,14H2,(H,21,22,23). The van der Waals surface area contributed by atoms with Crippen LogP contribution in [0, 0.1) is 12.3 Å². The van der Waals surface area contributed by atoms with Crippen LogP contribution < -0.4 is 10.6 Å². The fourth-order valence-electron chi connectivity index (χ4n) is 2.59. The van der Waals surface area contributed by atoms with E-state index in [-0.39, 0.29) is 0 Å². The molecule has 2 aromatic rings. The minimum atomic E-state index is 0.340. The molecule has 0 amide bonds. The van der Waals surface area contributed by atoms with E-state index in [9.17, 15) is 0 Å². The highest BCUT2D eigenvalue weighted by molar-refractivity contribution is 7.99. The third kappa shape index (κ3) is 5.75. The Morgan fingerprint density at radius 3 is 3.20 bits per heavy atom. The van der Waals surface area contributed by atoms with Crippen molar-refractivity contribution in [2.24, 2.45) is 0 Å². The van der Waals surface area contributed by atoms with Gasteiger partial charge in [0.25, 0.3) is 0 Å². The molecule has 130 valence electrons. The normalized spacial score (nSPS) is 17.0. The fourth-order valence-corrected chi connectivity index (χ4v) is 3.39. The topological polar surface area (TPSA) is 59.1 Å². The van der Waals surface area contributed by atoms with E-state index in [0.717, 1.165) is 60.5 Å². The van der Waals surface area contributed by atoms with Gasteiger partial charge in [-0.25, -0.2) is 9.97 Å². The monoisotopic (exact) mass is 354 g/mol. The number of benzene rings is 1. The van der Waals surface area contributed by atoms with Gasteiger partial charge in [-0.1, -0.05) is 23.7 Å². The number of nitrogens with one attached hydrogen (secondary N) is 2. The van der Waals surface area contributed by atoms with Crippen LogP contribution >= 0.6 is 11.8 Å². The van der Waals surface area contributed by atoms with Crippen LogP contribution in [0.1, 0.15) is 18.4 Å². The number of anilines is 2. The summed E-state index contributed by atoms with van der Waals surface area (Å²) in [4.78, 5) is 8.89. The van der Waals surface area contributed by atoms with Crippen molar-refractivity contribution in [2.75, 3.05) is 30.8 Å². The van der Waals surface area contributed by atoms with E-state index < -0.39 is 0 Å².